The van der Waals surface area contributed by atoms with Crippen LogP contribution in [-0.2, 0) is 13.1 Å². The number of halogens is 1. The van der Waals surface area contributed by atoms with Gasteiger partial charge in [0.25, 0.3) is 0 Å². The molecular weight excluding hydrogens is 222 g/mol. The summed E-state index contributed by atoms with van der Waals surface area (Å²) in [5.74, 6) is 0. The molecule has 3 nitrogen and oxygen atoms in total. The standard InChI is InChI=1S/C12H23N3.ClH/c1-3-5-6-7-9-13-11-12-8-10-14-15(12)4-2;/h8,10,13H,3-7,9,11H2,1-2H3;1H. The average Bonchev–Trinajstić information content (AvgIpc) is 2.70. The summed E-state index contributed by atoms with van der Waals surface area (Å²) < 4.78 is 2.04. The lowest BCUT2D eigenvalue weighted by atomic mass is 10.2. The number of nitrogens with zero attached hydrogens (tertiary/aromatic N) is 2. The first-order chi connectivity index (χ1) is 7.38. The fourth-order valence-electron chi connectivity index (χ4n) is 1.69. The number of hydrogen-bond donors (Lipinski definition) is 1. The lowest BCUT2D eigenvalue weighted by Crippen LogP contribution is -2.17. The van der Waals surface area contributed by atoms with Crippen molar-refractivity contribution in [3.63, 3.8) is 0 Å². The van der Waals surface area contributed by atoms with Gasteiger partial charge in [0, 0.05) is 19.3 Å². The first-order valence-corrected chi connectivity index (χ1v) is 6.09. The van der Waals surface area contributed by atoms with Gasteiger partial charge in [0.15, 0.2) is 0 Å². The van der Waals surface area contributed by atoms with Crippen molar-refractivity contribution in [2.45, 2.75) is 52.6 Å². The van der Waals surface area contributed by atoms with Crippen molar-refractivity contribution in [2.24, 2.45) is 0 Å². The minimum absolute atomic E-state index is 0. The molecule has 0 saturated heterocycles. The number of aryl methyl sites for hydroxylation is 1. The van der Waals surface area contributed by atoms with Crippen LogP contribution < -0.4 is 5.32 Å². The van der Waals surface area contributed by atoms with E-state index in [-0.39, 0.29) is 12.4 Å². The summed E-state index contributed by atoms with van der Waals surface area (Å²) in [6.45, 7) is 7.39. The van der Waals surface area contributed by atoms with Gasteiger partial charge in [0.05, 0.1) is 5.69 Å². The van der Waals surface area contributed by atoms with Gasteiger partial charge in [-0.15, -0.1) is 12.4 Å². The van der Waals surface area contributed by atoms with Crippen molar-refractivity contribution in [2.75, 3.05) is 6.54 Å². The fourth-order valence-corrected chi connectivity index (χ4v) is 1.69. The monoisotopic (exact) mass is 245 g/mol. The summed E-state index contributed by atoms with van der Waals surface area (Å²) in [6, 6.07) is 2.09. The Labute approximate surface area is 105 Å². The van der Waals surface area contributed by atoms with Crippen LogP contribution in [0.3, 0.4) is 0 Å². The third-order valence-corrected chi connectivity index (χ3v) is 2.62. The van der Waals surface area contributed by atoms with Gasteiger partial charge in [-0.25, -0.2) is 0 Å². The van der Waals surface area contributed by atoms with Crippen LogP contribution >= 0.6 is 12.4 Å². The fraction of sp³-hybridized carbons (Fsp3) is 0.750. The van der Waals surface area contributed by atoms with Crippen LogP contribution in [-0.4, -0.2) is 16.3 Å². The highest BCUT2D eigenvalue weighted by atomic mass is 35.5. The molecule has 0 aliphatic rings. The van der Waals surface area contributed by atoms with Gasteiger partial charge in [-0.2, -0.15) is 5.10 Å². The Morgan fingerprint density at radius 2 is 2.06 bits per heavy atom. The largest absolute Gasteiger partial charge is 0.311 e. The Hall–Kier alpha value is -0.540. The van der Waals surface area contributed by atoms with Crippen LogP contribution in [0.25, 0.3) is 0 Å². The molecule has 1 N–H and O–H groups in total. The molecule has 1 aromatic rings. The Morgan fingerprint density at radius 3 is 2.75 bits per heavy atom. The molecule has 1 heterocycles. The van der Waals surface area contributed by atoms with Gasteiger partial charge in [-0.3, -0.25) is 4.68 Å². The summed E-state index contributed by atoms with van der Waals surface area (Å²) in [6.07, 6.45) is 7.17. The third kappa shape index (κ3) is 5.52. The summed E-state index contributed by atoms with van der Waals surface area (Å²) in [7, 11) is 0. The molecule has 0 aliphatic heterocycles. The molecule has 4 heteroatoms. The zero-order valence-corrected chi connectivity index (χ0v) is 11.2. The Kier molecular flexibility index (Phi) is 9.34. The molecule has 0 aromatic carbocycles. The highest BCUT2D eigenvalue weighted by Crippen LogP contribution is 2.00. The topological polar surface area (TPSA) is 29.9 Å². The predicted molar refractivity (Wildman–Crippen MR) is 71.0 cm³/mol. The van der Waals surface area contributed by atoms with E-state index in [4.69, 9.17) is 0 Å². The second kappa shape index (κ2) is 9.67. The number of unbranched alkanes of at least 4 members (excludes halogenated alkanes) is 3. The maximum absolute atomic E-state index is 4.24. The molecule has 0 spiro atoms. The Morgan fingerprint density at radius 1 is 1.25 bits per heavy atom. The molecule has 0 unspecified atom stereocenters. The van der Waals surface area contributed by atoms with Crippen molar-refractivity contribution in [3.8, 4) is 0 Å². The van der Waals surface area contributed by atoms with Gasteiger partial charge in [0.2, 0.25) is 0 Å². The first kappa shape index (κ1) is 15.5. The lowest BCUT2D eigenvalue weighted by Gasteiger charge is -2.06. The molecule has 0 aliphatic carbocycles. The van der Waals surface area contributed by atoms with E-state index in [0.717, 1.165) is 19.6 Å². The van der Waals surface area contributed by atoms with E-state index in [1.807, 2.05) is 10.9 Å². The van der Waals surface area contributed by atoms with Gasteiger partial charge in [-0.05, 0) is 26.0 Å². The van der Waals surface area contributed by atoms with Crippen molar-refractivity contribution in [1.29, 1.82) is 0 Å². The van der Waals surface area contributed by atoms with E-state index in [1.165, 1.54) is 31.4 Å². The third-order valence-electron chi connectivity index (χ3n) is 2.62. The first-order valence-electron chi connectivity index (χ1n) is 6.09. The van der Waals surface area contributed by atoms with Crippen LogP contribution in [0.4, 0.5) is 0 Å². The molecule has 0 fully saturated rings. The van der Waals surface area contributed by atoms with E-state index < -0.39 is 0 Å². The molecule has 1 aromatic heterocycles. The average molecular weight is 246 g/mol. The molecule has 0 radical (unpaired) electrons. The normalized spacial score (nSPS) is 10.1. The molecule has 94 valence electrons. The van der Waals surface area contributed by atoms with Crippen molar-refractivity contribution >= 4 is 12.4 Å². The summed E-state index contributed by atoms with van der Waals surface area (Å²) >= 11 is 0. The van der Waals surface area contributed by atoms with Gasteiger partial charge < -0.3 is 5.32 Å². The maximum Gasteiger partial charge on any atom is 0.0521 e. The van der Waals surface area contributed by atoms with Crippen LogP contribution in [0.2, 0.25) is 0 Å². The van der Waals surface area contributed by atoms with Crippen molar-refractivity contribution in [3.05, 3.63) is 18.0 Å². The zero-order chi connectivity index (χ0) is 10.9. The quantitative estimate of drug-likeness (QED) is 0.714. The van der Waals surface area contributed by atoms with Gasteiger partial charge in [-0.1, -0.05) is 26.2 Å². The van der Waals surface area contributed by atoms with Crippen LogP contribution in [0.1, 0.15) is 45.2 Å². The second-order valence-corrected chi connectivity index (χ2v) is 3.88. The van der Waals surface area contributed by atoms with Crippen molar-refractivity contribution < 1.29 is 0 Å². The van der Waals surface area contributed by atoms with E-state index in [9.17, 15) is 0 Å². The number of nitrogens with one attached hydrogen (secondary N) is 1. The number of rotatable bonds is 8. The molecule has 0 atom stereocenters. The van der Waals surface area contributed by atoms with Crippen molar-refractivity contribution in [1.82, 2.24) is 15.1 Å². The lowest BCUT2D eigenvalue weighted by molar-refractivity contribution is 0.558. The number of aromatic nitrogens is 2. The Balaban J connectivity index is 0.00000225. The van der Waals surface area contributed by atoms with E-state index >= 15 is 0 Å². The minimum atomic E-state index is 0. The second-order valence-electron chi connectivity index (χ2n) is 3.88. The zero-order valence-electron chi connectivity index (χ0n) is 10.4. The maximum atomic E-state index is 4.24. The van der Waals surface area contributed by atoms with E-state index in [2.05, 4.69) is 30.3 Å². The summed E-state index contributed by atoms with van der Waals surface area (Å²) in [5, 5.41) is 7.70. The molecule has 0 bridgehead atoms. The van der Waals surface area contributed by atoms with Gasteiger partial charge >= 0.3 is 0 Å². The minimum Gasteiger partial charge on any atom is -0.311 e. The molecule has 0 saturated carbocycles. The van der Waals surface area contributed by atoms with E-state index in [1.54, 1.807) is 0 Å². The highest BCUT2D eigenvalue weighted by Gasteiger charge is 1.98. The van der Waals surface area contributed by atoms with Crippen LogP contribution in [0.5, 0.6) is 0 Å². The highest BCUT2D eigenvalue weighted by molar-refractivity contribution is 5.85. The number of hydrogen-bond acceptors (Lipinski definition) is 2. The predicted octanol–water partition coefficient (Wildman–Crippen LogP) is 2.99. The van der Waals surface area contributed by atoms with E-state index in [0.29, 0.717) is 0 Å². The molecule has 0 amide bonds. The van der Waals surface area contributed by atoms with Crippen LogP contribution in [0.15, 0.2) is 12.3 Å². The van der Waals surface area contributed by atoms with Gasteiger partial charge in [0.1, 0.15) is 0 Å². The van der Waals surface area contributed by atoms with Crippen LogP contribution in [0, 0.1) is 0 Å². The molecule has 1 rings (SSSR count). The molecule has 16 heavy (non-hydrogen) atoms. The summed E-state index contributed by atoms with van der Waals surface area (Å²) in [5.41, 5.74) is 1.29. The smallest absolute Gasteiger partial charge is 0.0521 e. The molecular formula is C12H24ClN3. The SMILES string of the molecule is CCCCCCNCc1ccnn1CC.Cl. The Bertz CT molecular complexity index is 261. The summed E-state index contributed by atoms with van der Waals surface area (Å²) in [4.78, 5) is 0.